The van der Waals surface area contributed by atoms with Crippen LogP contribution in [0.5, 0.6) is 11.5 Å². The van der Waals surface area contributed by atoms with Gasteiger partial charge in [0.2, 0.25) is 0 Å². The summed E-state index contributed by atoms with van der Waals surface area (Å²) in [4.78, 5) is 8.85. The van der Waals surface area contributed by atoms with E-state index in [9.17, 15) is 0 Å². The quantitative estimate of drug-likeness (QED) is 0.935. The van der Waals surface area contributed by atoms with E-state index in [1.165, 1.54) is 19.3 Å². The molecule has 21 heavy (non-hydrogen) atoms. The number of nitrogens with zero attached hydrogens (tertiary/aromatic N) is 2. The van der Waals surface area contributed by atoms with E-state index < -0.39 is 0 Å². The fourth-order valence-electron chi connectivity index (χ4n) is 2.62. The molecular formula is C17H21N3O. The second-order valence-electron chi connectivity index (χ2n) is 5.55. The number of hydrogen-bond donors (Lipinski definition) is 1. The van der Waals surface area contributed by atoms with Gasteiger partial charge in [-0.2, -0.15) is 0 Å². The minimum atomic E-state index is 0.516. The van der Waals surface area contributed by atoms with Crippen molar-refractivity contribution >= 4 is 0 Å². The van der Waals surface area contributed by atoms with Crippen LogP contribution >= 0.6 is 0 Å². The van der Waals surface area contributed by atoms with E-state index in [1.807, 2.05) is 31.2 Å². The van der Waals surface area contributed by atoms with Crippen LogP contribution in [0.3, 0.4) is 0 Å². The molecule has 0 bridgehead atoms. The first-order valence-corrected chi connectivity index (χ1v) is 7.59. The summed E-state index contributed by atoms with van der Waals surface area (Å²) < 4.78 is 5.81. The van der Waals surface area contributed by atoms with Crippen LogP contribution in [-0.4, -0.2) is 22.6 Å². The van der Waals surface area contributed by atoms with Crippen molar-refractivity contribution in [3.8, 4) is 11.5 Å². The van der Waals surface area contributed by atoms with Gasteiger partial charge in [-0.1, -0.05) is 24.6 Å². The number of nitrogens with one attached hydrogen (secondary N) is 1. The molecular weight excluding hydrogens is 262 g/mol. The molecule has 2 heterocycles. The predicted molar refractivity (Wildman–Crippen MR) is 82.6 cm³/mol. The zero-order valence-electron chi connectivity index (χ0n) is 12.4. The summed E-state index contributed by atoms with van der Waals surface area (Å²) >= 11 is 0. The van der Waals surface area contributed by atoms with Crippen molar-refractivity contribution in [1.82, 2.24) is 15.3 Å². The molecule has 1 aliphatic heterocycles. The molecule has 1 atom stereocenters. The lowest BCUT2D eigenvalue weighted by atomic mass is 10.0. The Morgan fingerprint density at radius 2 is 2.00 bits per heavy atom. The fourth-order valence-corrected chi connectivity index (χ4v) is 2.62. The Kier molecular flexibility index (Phi) is 4.46. The number of ether oxygens (including phenoxy) is 1. The lowest BCUT2D eigenvalue weighted by Crippen LogP contribution is -2.36. The lowest BCUT2D eigenvalue weighted by Gasteiger charge is -2.22. The smallest absolute Gasteiger partial charge is 0.164 e. The molecule has 0 amide bonds. The fraction of sp³-hybridized carbons (Fsp3) is 0.412. The molecule has 0 radical (unpaired) electrons. The molecule has 1 aliphatic rings. The maximum Gasteiger partial charge on any atom is 0.164 e. The average Bonchev–Trinajstić information content (AvgIpc) is 2.52. The minimum Gasteiger partial charge on any atom is -0.454 e. The highest BCUT2D eigenvalue weighted by atomic mass is 16.5. The van der Waals surface area contributed by atoms with Crippen molar-refractivity contribution in [2.24, 2.45) is 0 Å². The Labute approximate surface area is 125 Å². The number of rotatable bonds is 4. The summed E-state index contributed by atoms with van der Waals surface area (Å²) in [5.41, 5.74) is 1.10. The standard InChI is InChI=1S/C17H21N3O/c1-13-6-2-3-8-16(13)21-15-11-19-17(20-12-15)10-14-7-4-5-9-18-14/h2-3,6,8,11-12,14,18H,4-5,7,9-10H2,1H3. The Bertz CT molecular complexity index is 577. The molecule has 110 valence electrons. The van der Waals surface area contributed by atoms with Crippen LogP contribution < -0.4 is 10.1 Å². The van der Waals surface area contributed by atoms with Crippen molar-refractivity contribution in [1.29, 1.82) is 0 Å². The molecule has 1 N–H and O–H groups in total. The first kappa shape index (κ1) is 14.0. The van der Waals surface area contributed by atoms with E-state index in [2.05, 4.69) is 15.3 Å². The van der Waals surface area contributed by atoms with Crippen LogP contribution in [-0.2, 0) is 6.42 Å². The van der Waals surface area contributed by atoms with E-state index in [1.54, 1.807) is 12.4 Å². The minimum absolute atomic E-state index is 0.516. The average molecular weight is 283 g/mol. The normalized spacial score (nSPS) is 18.4. The van der Waals surface area contributed by atoms with Crippen molar-refractivity contribution < 1.29 is 4.74 Å². The van der Waals surface area contributed by atoms with Gasteiger partial charge in [-0.05, 0) is 37.9 Å². The maximum atomic E-state index is 5.81. The topological polar surface area (TPSA) is 47.0 Å². The highest BCUT2D eigenvalue weighted by molar-refractivity contribution is 5.35. The summed E-state index contributed by atoms with van der Waals surface area (Å²) in [6.07, 6.45) is 8.21. The third-order valence-electron chi connectivity index (χ3n) is 3.84. The number of hydrogen-bond acceptors (Lipinski definition) is 4. The van der Waals surface area contributed by atoms with Crippen LogP contribution in [0.1, 0.15) is 30.7 Å². The zero-order chi connectivity index (χ0) is 14.5. The predicted octanol–water partition coefficient (Wildman–Crippen LogP) is 3.26. The van der Waals surface area contributed by atoms with Gasteiger partial charge in [-0.3, -0.25) is 0 Å². The Morgan fingerprint density at radius 3 is 2.71 bits per heavy atom. The highest BCUT2D eigenvalue weighted by Gasteiger charge is 2.14. The number of aryl methyl sites for hydroxylation is 1. The van der Waals surface area contributed by atoms with Gasteiger partial charge in [0, 0.05) is 12.5 Å². The molecule has 4 nitrogen and oxygen atoms in total. The molecule has 0 saturated carbocycles. The van der Waals surface area contributed by atoms with E-state index >= 15 is 0 Å². The maximum absolute atomic E-state index is 5.81. The van der Waals surface area contributed by atoms with Gasteiger partial charge < -0.3 is 10.1 Å². The molecule has 1 fully saturated rings. The molecule has 0 spiro atoms. The Morgan fingerprint density at radius 1 is 1.19 bits per heavy atom. The number of para-hydroxylation sites is 1. The molecule has 1 aromatic heterocycles. The van der Waals surface area contributed by atoms with Crippen molar-refractivity contribution in [3.05, 3.63) is 48.0 Å². The molecule has 0 aliphatic carbocycles. The van der Waals surface area contributed by atoms with Crippen LogP contribution in [0.25, 0.3) is 0 Å². The summed E-state index contributed by atoms with van der Waals surface area (Å²) in [6, 6.07) is 8.46. The Balaban J connectivity index is 1.62. The first-order valence-electron chi connectivity index (χ1n) is 7.59. The summed E-state index contributed by atoms with van der Waals surface area (Å²) in [6.45, 7) is 3.14. The van der Waals surface area contributed by atoms with E-state index in [0.717, 1.165) is 30.1 Å². The van der Waals surface area contributed by atoms with Gasteiger partial charge >= 0.3 is 0 Å². The van der Waals surface area contributed by atoms with E-state index in [-0.39, 0.29) is 0 Å². The SMILES string of the molecule is Cc1ccccc1Oc1cnc(CC2CCCCN2)nc1. The monoisotopic (exact) mass is 283 g/mol. The summed E-state index contributed by atoms with van der Waals surface area (Å²) in [7, 11) is 0. The highest BCUT2D eigenvalue weighted by Crippen LogP contribution is 2.23. The second kappa shape index (κ2) is 6.68. The third kappa shape index (κ3) is 3.79. The van der Waals surface area contributed by atoms with Gasteiger partial charge in [-0.15, -0.1) is 0 Å². The molecule has 3 rings (SSSR count). The summed E-state index contributed by atoms with van der Waals surface area (Å²) in [5, 5.41) is 3.52. The second-order valence-corrected chi connectivity index (χ2v) is 5.55. The van der Waals surface area contributed by atoms with Crippen LogP contribution in [0, 0.1) is 6.92 Å². The lowest BCUT2D eigenvalue weighted by molar-refractivity contribution is 0.393. The molecule has 1 saturated heterocycles. The first-order chi connectivity index (χ1) is 10.3. The number of piperidine rings is 1. The third-order valence-corrected chi connectivity index (χ3v) is 3.84. The van der Waals surface area contributed by atoms with Crippen molar-refractivity contribution in [3.63, 3.8) is 0 Å². The van der Waals surface area contributed by atoms with E-state index in [4.69, 9.17) is 4.74 Å². The van der Waals surface area contributed by atoms with Crippen molar-refractivity contribution in [2.45, 2.75) is 38.6 Å². The Hall–Kier alpha value is -1.94. The van der Waals surface area contributed by atoms with Gasteiger partial charge in [0.15, 0.2) is 5.75 Å². The van der Waals surface area contributed by atoms with Crippen LogP contribution in [0.15, 0.2) is 36.7 Å². The van der Waals surface area contributed by atoms with Gasteiger partial charge in [0.1, 0.15) is 11.6 Å². The molecule has 1 aromatic carbocycles. The molecule has 4 heteroatoms. The van der Waals surface area contributed by atoms with E-state index in [0.29, 0.717) is 11.8 Å². The van der Waals surface area contributed by atoms with Crippen LogP contribution in [0.4, 0.5) is 0 Å². The number of benzene rings is 1. The van der Waals surface area contributed by atoms with Gasteiger partial charge in [0.25, 0.3) is 0 Å². The van der Waals surface area contributed by atoms with Gasteiger partial charge in [0.05, 0.1) is 12.4 Å². The zero-order valence-corrected chi connectivity index (χ0v) is 12.4. The number of aromatic nitrogens is 2. The van der Waals surface area contributed by atoms with Crippen LogP contribution in [0.2, 0.25) is 0 Å². The molecule has 2 aromatic rings. The summed E-state index contributed by atoms with van der Waals surface area (Å²) in [5.74, 6) is 2.42. The molecule has 1 unspecified atom stereocenters. The largest absolute Gasteiger partial charge is 0.454 e. The van der Waals surface area contributed by atoms with Crippen molar-refractivity contribution in [2.75, 3.05) is 6.54 Å². The van der Waals surface area contributed by atoms with Gasteiger partial charge in [-0.25, -0.2) is 9.97 Å².